The fourth-order valence-corrected chi connectivity index (χ4v) is 3.34. The Balaban J connectivity index is 1.27. The van der Waals surface area contributed by atoms with E-state index in [1.807, 2.05) is 31.2 Å². The first-order chi connectivity index (χ1) is 16.5. The van der Waals surface area contributed by atoms with E-state index < -0.39 is 5.97 Å². The summed E-state index contributed by atoms with van der Waals surface area (Å²) in [5.74, 6) is 1.44. The van der Waals surface area contributed by atoms with Crippen molar-refractivity contribution in [2.75, 3.05) is 12.4 Å². The highest BCUT2D eigenvalue weighted by Crippen LogP contribution is 2.31. The molecule has 0 aliphatic carbocycles. The lowest BCUT2D eigenvalue weighted by Gasteiger charge is -2.08. The summed E-state index contributed by atoms with van der Waals surface area (Å²) in [5, 5.41) is 26.9. The Bertz CT molecular complexity index is 1260. The van der Waals surface area contributed by atoms with Gasteiger partial charge in [-0.1, -0.05) is 11.8 Å². The first-order valence-electron chi connectivity index (χ1n) is 10.2. The minimum Gasteiger partial charge on any atom is -0.504 e. The number of esters is 1. The molecule has 0 saturated carbocycles. The van der Waals surface area contributed by atoms with Gasteiger partial charge < -0.3 is 28.8 Å². The monoisotopic (exact) mass is 480 g/mol. The van der Waals surface area contributed by atoms with Crippen LogP contribution in [0.2, 0.25) is 0 Å². The van der Waals surface area contributed by atoms with Crippen molar-refractivity contribution in [2.45, 2.75) is 12.1 Å². The van der Waals surface area contributed by atoms with Crippen LogP contribution in [0.1, 0.15) is 6.92 Å². The number of aromatic nitrogens is 2. The summed E-state index contributed by atoms with van der Waals surface area (Å²) in [7, 11) is 0. The topological polar surface area (TPSA) is 124 Å². The molecule has 0 saturated heterocycles. The van der Waals surface area contributed by atoms with Crippen LogP contribution >= 0.6 is 11.8 Å². The maximum absolute atomic E-state index is 12.2. The molecule has 0 amide bonds. The predicted octanol–water partition coefficient (Wildman–Crippen LogP) is 5.04. The fraction of sp³-hybridized carbons (Fsp3) is 0.125. The molecule has 34 heavy (non-hydrogen) atoms. The van der Waals surface area contributed by atoms with Gasteiger partial charge in [-0.25, -0.2) is 0 Å². The van der Waals surface area contributed by atoms with Gasteiger partial charge in [-0.05, 0) is 73.7 Å². The Labute approximate surface area is 198 Å². The van der Waals surface area contributed by atoms with Gasteiger partial charge >= 0.3 is 5.97 Å². The van der Waals surface area contributed by atoms with Crippen molar-refractivity contribution in [1.29, 1.82) is 0 Å². The van der Waals surface area contributed by atoms with Crippen LogP contribution in [-0.2, 0) is 4.79 Å². The summed E-state index contributed by atoms with van der Waals surface area (Å²) < 4.78 is 22.0. The van der Waals surface area contributed by atoms with Crippen LogP contribution in [0, 0.1) is 0 Å². The standard InChI is InChI=1S/C24H20N2O7S/c1-2-30-16-4-6-17(7-5-16)31-18-8-10-19(11-9-18)32-22(29)14-34-24-26-25-23(33-24)15-3-12-20(27)21(28)13-15/h3-13,27-28H,2,14H2,1H3. The molecule has 174 valence electrons. The Hall–Kier alpha value is -4.18. The molecule has 0 atom stereocenters. The van der Waals surface area contributed by atoms with Crippen LogP contribution in [0.4, 0.5) is 0 Å². The Morgan fingerprint density at radius 1 is 0.882 bits per heavy atom. The highest BCUT2D eigenvalue weighted by atomic mass is 32.2. The van der Waals surface area contributed by atoms with E-state index in [0.29, 0.717) is 29.4 Å². The summed E-state index contributed by atoms with van der Waals surface area (Å²) in [5.41, 5.74) is 0.435. The van der Waals surface area contributed by atoms with Crippen molar-refractivity contribution in [3.05, 3.63) is 66.7 Å². The Morgan fingerprint density at radius 2 is 1.53 bits per heavy atom. The zero-order chi connectivity index (χ0) is 23.9. The van der Waals surface area contributed by atoms with E-state index in [1.165, 1.54) is 18.2 Å². The van der Waals surface area contributed by atoms with Crippen molar-refractivity contribution >= 4 is 17.7 Å². The summed E-state index contributed by atoms with van der Waals surface area (Å²) in [4.78, 5) is 12.2. The van der Waals surface area contributed by atoms with Crippen LogP contribution in [-0.4, -0.2) is 38.7 Å². The number of carbonyl (C=O) groups excluding carboxylic acids is 1. The molecular weight excluding hydrogens is 460 g/mol. The second kappa shape index (κ2) is 10.6. The van der Waals surface area contributed by atoms with Crippen molar-refractivity contribution in [1.82, 2.24) is 10.2 Å². The third kappa shape index (κ3) is 5.99. The maximum atomic E-state index is 12.2. The van der Waals surface area contributed by atoms with Gasteiger partial charge in [0.05, 0.1) is 6.61 Å². The minimum atomic E-state index is -0.493. The lowest BCUT2D eigenvalue weighted by molar-refractivity contribution is -0.131. The largest absolute Gasteiger partial charge is 0.504 e. The fourth-order valence-electron chi connectivity index (χ4n) is 2.81. The molecule has 0 spiro atoms. The highest BCUT2D eigenvalue weighted by Gasteiger charge is 2.14. The summed E-state index contributed by atoms with van der Waals surface area (Å²) in [6.07, 6.45) is 0. The van der Waals surface area contributed by atoms with Gasteiger partial charge in [0.2, 0.25) is 5.89 Å². The molecule has 0 radical (unpaired) electrons. The molecule has 10 heteroatoms. The van der Waals surface area contributed by atoms with Gasteiger partial charge in [0, 0.05) is 5.56 Å². The van der Waals surface area contributed by atoms with E-state index in [1.54, 1.807) is 24.3 Å². The molecule has 0 unspecified atom stereocenters. The van der Waals surface area contributed by atoms with Crippen molar-refractivity contribution in [2.24, 2.45) is 0 Å². The average molecular weight is 480 g/mol. The van der Waals surface area contributed by atoms with Gasteiger partial charge in [0.1, 0.15) is 28.8 Å². The second-order valence-electron chi connectivity index (χ2n) is 6.82. The SMILES string of the molecule is CCOc1ccc(Oc2ccc(OC(=O)CSc3nnc(-c4ccc(O)c(O)c4)o3)cc2)cc1. The number of carbonyl (C=O) groups is 1. The highest BCUT2D eigenvalue weighted by molar-refractivity contribution is 7.99. The summed E-state index contributed by atoms with van der Waals surface area (Å²) >= 11 is 1.02. The molecule has 0 bridgehead atoms. The number of phenolic OH excluding ortho intramolecular Hbond substituents is 2. The molecular formula is C24H20N2O7S. The first-order valence-corrected chi connectivity index (χ1v) is 11.2. The molecule has 0 aliphatic heterocycles. The number of ether oxygens (including phenoxy) is 3. The van der Waals surface area contributed by atoms with Crippen molar-refractivity contribution in [3.63, 3.8) is 0 Å². The van der Waals surface area contributed by atoms with Crippen LogP contribution in [0.15, 0.2) is 76.4 Å². The van der Waals surface area contributed by atoms with E-state index in [4.69, 9.17) is 18.6 Å². The third-order valence-corrected chi connectivity index (χ3v) is 5.16. The molecule has 4 rings (SSSR count). The maximum Gasteiger partial charge on any atom is 0.321 e. The predicted molar refractivity (Wildman–Crippen MR) is 124 cm³/mol. The summed E-state index contributed by atoms with van der Waals surface area (Å²) in [6, 6.07) is 18.1. The van der Waals surface area contributed by atoms with Gasteiger partial charge in [0.15, 0.2) is 11.5 Å². The number of benzene rings is 3. The first kappa shape index (κ1) is 23.0. The van der Waals surface area contributed by atoms with Gasteiger partial charge in [-0.15, -0.1) is 10.2 Å². The van der Waals surface area contributed by atoms with Crippen LogP contribution in [0.5, 0.6) is 34.5 Å². The Kier molecular flexibility index (Phi) is 7.19. The van der Waals surface area contributed by atoms with Gasteiger partial charge in [0.25, 0.3) is 5.22 Å². The minimum absolute atomic E-state index is 0.0487. The number of rotatable bonds is 9. The van der Waals surface area contributed by atoms with Crippen LogP contribution in [0.25, 0.3) is 11.5 Å². The van der Waals surface area contributed by atoms with E-state index in [2.05, 4.69) is 10.2 Å². The number of phenols is 2. The van der Waals surface area contributed by atoms with Gasteiger partial charge in [-0.2, -0.15) is 0 Å². The third-order valence-electron chi connectivity index (χ3n) is 4.37. The van der Waals surface area contributed by atoms with Crippen molar-refractivity contribution in [3.8, 4) is 46.0 Å². The molecule has 0 fully saturated rings. The lowest BCUT2D eigenvalue weighted by Crippen LogP contribution is -2.10. The number of thioether (sulfide) groups is 1. The molecule has 1 heterocycles. The van der Waals surface area contributed by atoms with Crippen molar-refractivity contribution < 1.29 is 33.6 Å². The molecule has 0 aliphatic rings. The Morgan fingerprint density at radius 3 is 2.18 bits per heavy atom. The zero-order valence-corrected chi connectivity index (χ0v) is 18.8. The zero-order valence-electron chi connectivity index (χ0n) is 18.0. The molecule has 4 aromatic rings. The smallest absolute Gasteiger partial charge is 0.321 e. The average Bonchev–Trinajstić information content (AvgIpc) is 3.31. The van der Waals surface area contributed by atoms with Gasteiger partial charge in [-0.3, -0.25) is 4.79 Å². The molecule has 2 N–H and O–H groups in total. The summed E-state index contributed by atoms with van der Waals surface area (Å²) in [6.45, 7) is 2.52. The number of nitrogens with zero attached hydrogens (tertiary/aromatic N) is 2. The second-order valence-corrected chi connectivity index (χ2v) is 7.74. The normalized spacial score (nSPS) is 10.6. The molecule has 9 nitrogen and oxygen atoms in total. The van der Waals surface area contributed by atoms with E-state index in [0.717, 1.165) is 17.5 Å². The quantitative estimate of drug-likeness (QED) is 0.146. The van der Waals surface area contributed by atoms with E-state index >= 15 is 0 Å². The van der Waals surface area contributed by atoms with E-state index in [9.17, 15) is 15.0 Å². The number of aromatic hydroxyl groups is 2. The van der Waals surface area contributed by atoms with Crippen LogP contribution in [0.3, 0.4) is 0 Å². The number of hydrogen-bond donors (Lipinski definition) is 2. The van der Waals surface area contributed by atoms with Crippen LogP contribution < -0.4 is 14.2 Å². The molecule has 1 aromatic heterocycles. The lowest BCUT2D eigenvalue weighted by atomic mass is 10.2. The number of hydrogen-bond acceptors (Lipinski definition) is 10. The molecule has 3 aromatic carbocycles. The van der Waals surface area contributed by atoms with E-state index in [-0.39, 0.29) is 28.4 Å².